The minimum absolute atomic E-state index is 0.0621. The van der Waals surface area contributed by atoms with Crippen LogP contribution in [0.15, 0.2) is 47.2 Å². The molecular weight excluding hydrogens is 470 g/mol. The van der Waals surface area contributed by atoms with Gasteiger partial charge in [0.05, 0.1) is 30.6 Å². The van der Waals surface area contributed by atoms with Gasteiger partial charge in [0.15, 0.2) is 17.3 Å². The summed E-state index contributed by atoms with van der Waals surface area (Å²) in [6, 6.07) is 7.06. The lowest BCUT2D eigenvalue weighted by Crippen LogP contribution is -2.40. The molecule has 0 radical (unpaired) electrons. The number of halogens is 3. The molecule has 0 saturated heterocycles. The lowest BCUT2D eigenvalue weighted by atomic mass is 9.80. The Balaban J connectivity index is 1.62. The first-order valence-corrected chi connectivity index (χ1v) is 10.4. The van der Waals surface area contributed by atoms with Gasteiger partial charge in [-0.2, -0.15) is 5.10 Å². The van der Waals surface area contributed by atoms with Crippen LogP contribution in [0.25, 0.3) is 11.5 Å². The first-order valence-electron chi connectivity index (χ1n) is 9.98. The van der Waals surface area contributed by atoms with Crippen LogP contribution in [0, 0.1) is 11.6 Å². The summed E-state index contributed by atoms with van der Waals surface area (Å²) in [5.74, 6) is -1.99. The highest BCUT2D eigenvalue weighted by molar-refractivity contribution is 6.29. The molecule has 1 atom stereocenters. The number of carbonyl (C=O) groups excluding carboxylic acids is 1. The minimum atomic E-state index is -0.939. The standard InChI is InChI=1S/C22H19ClF2N6O3/c1-22(17-5-4-6-18(23)29-17,13-10-28-31(2)21(13)33-3)11-27-20(32)15-8-16(34-30-15)19-14(25)7-12(24)9-26-19/h4-10H,11H2,1-3H3,(H,27,32). The van der Waals surface area contributed by atoms with E-state index in [-0.39, 0.29) is 28.8 Å². The molecule has 9 nitrogen and oxygen atoms in total. The van der Waals surface area contributed by atoms with E-state index in [2.05, 4.69) is 25.5 Å². The van der Waals surface area contributed by atoms with Gasteiger partial charge in [0, 0.05) is 31.3 Å². The molecule has 0 spiro atoms. The molecule has 0 saturated carbocycles. The van der Waals surface area contributed by atoms with Crippen molar-refractivity contribution >= 4 is 17.5 Å². The Morgan fingerprint density at radius 2 is 2.09 bits per heavy atom. The van der Waals surface area contributed by atoms with Crippen LogP contribution >= 0.6 is 11.6 Å². The van der Waals surface area contributed by atoms with Crippen molar-refractivity contribution in [1.29, 1.82) is 0 Å². The number of amides is 1. The second kappa shape index (κ2) is 9.18. The van der Waals surface area contributed by atoms with Crippen LogP contribution < -0.4 is 10.1 Å². The Morgan fingerprint density at radius 3 is 2.79 bits per heavy atom. The van der Waals surface area contributed by atoms with Gasteiger partial charge in [0.25, 0.3) is 5.91 Å². The Morgan fingerprint density at radius 1 is 1.29 bits per heavy atom. The SMILES string of the molecule is COc1c(C(C)(CNC(=O)c2cc(-c3ncc(F)cc3F)on2)c2cccc(Cl)n2)cnn1C. The lowest BCUT2D eigenvalue weighted by Gasteiger charge is -2.29. The Kier molecular flexibility index (Phi) is 6.29. The maximum absolute atomic E-state index is 14.0. The predicted octanol–water partition coefficient (Wildman–Crippen LogP) is 3.54. The molecule has 34 heavy (non-hydrogen) atoms. The summed E-state index contributed by atoms with van der Waals surface area (Å²) in [5, 5.41) is 11.0. The van der Waals surface area contributed by atoms with Gasteiger partial charge < -0.3 is 14.6 Å². The molecule has 12 heteroatoms. The van der Waals surface area contributed by atoms with Crippen LogP contribution in [0.2, 0.25) is 5.15 Å². The van der Waals surface area contributed by atoms with Crippen LogP contribution in [-0.2, 0) is 12.5 Å². The Bertz CT molecular complexity index is 1360. The van der Waals surface area contributed by atoms with Gasteiger partial charge in [-0.15, -0.1) is 0 Å². The van der Waals surface area contributed by atoms with Crippen molar-refractivity contribution in [2.45, 2.75) is 12.3 Å². The number of methoxy groups -OCH3 is 1. The molecule has 0 aliphatic heterocycles. The molecule has 0 aliphatic carbocycles. The lowest BCUT2D eigenvalue weighted by molar-refractivity contribution is 0.0938. The van der Waals surface area contributed by atoms with Crippen molar-refractivity contribution in [2.24, 2.45) is 7.05 Å². The quantitative estimate of drug-likeness (QED) is 0.396. The van der Waals surface area contributed by atoms with E-state index in [1.165, 1.54) is 13.2 Å². The number of rotatable bonds is 7. The van der Waals surface area contributed by atoms with E-state index in [1.54, 1.807) is 36.1 Å². The van der Waals surface area contributed by atoms with E-state index < -0.39 is 23.0 Å². The Labute approximate surface area is 197 Å². The summed E-state index contributed by atoms with van der Waals surface area (Å²) < 4.78 is 39.3. The normalized spacial score (nSPS) is 12.9. The molecule has 0 aromatic carbocycles. The zero-order valence-corrected chi connectivity index (χ0v) is 19.1. The fraction of sp³-hybridized carbons (Fsp3) is 0.227. The third kappa shape index (κ3) is 4.34. The predicted molar refractivity (Wildman–Crippen MR) is 117 cm³/mol. The van der Waals surface area contributed by atoms with E-state index in [0.29, 0.717) is 23.2 Å². The summed E-state index contributed by atoms with van der Waals surface area (Å²) in [4.78, 5) is 20.9. The summed E-state index contributed by atoms with van der Waals surface area (Å²) in [5.41, 5.74) is -0.0192. The average Bonchev–Trinajstić information content (AvgIpc) is 3.44. The molecular formula is C22H19ClF2N6O3. The van der Waals surface area contributed by atoms with Gasteiger partial charge in [0.1, 0.15) is 16.7 Å². The molecule has 1 unspecified atom stereocenters. The largest absolute Gasteiger partial charge is 0.481 e. The summed E-state index contributed by atoms with van der Waals surface area (Å²) in [7, 11) is 3.25. The fourth-order valence-corrected chi connectivity index (χ4v) is 3.69. The maximum Gasteiger partial charge on any atom is 0.273 e. The van der Waals surface area contributed by atoms with Gasteiger partial charge in [-0.3, -0.25) is 4.79 Å². The summed E-state index contributed by atoms with van der Waals surface area (Å²) >= 11 is 6.13. The van der Waals surface area contributed by atoms with Gasteiger partial charge in [0.2, 0.25) is 5.88 Å². The number of aryl methyl sites for hydroxylation is 1. The molecule has 0 aliphatic rings. The number of nitrogens with zero attached hydrogens (tertiary/aromatic N) is 5. The number of hydrogen-bond donors (Lipinski definition) is 1. The first-order chi connectivity index (χ1) is 16.2. The molecule has 4 rings (SSSR count). The fourth-order valence-electron chi connectivity index (χ4n) is 3.52. The molecule has 0 bridgehead atoms. The Hall–Kier alpha value is -3.86. The van der Waals surface area contributed by atoms with Gasteiger partial charge in [-0.1, -0.05) is 22.8 Å². The summed E-state index contributed by atoms with van der Waals surface area (Å²) in [6.07, 6.45) is 2.47. The highest BCUT2D eigenvalue weighted by Crippen LogP contribution is 2.36. The van der Waals surface area contributed by atoms with E-state index in [0.717, 1.165) is 6.20 Å². The van der Waals surface area contributed by atoms with Crippen molar-refractivity contribution in [3.8, 4) is 17.3 Å². The molecule has 4 heterocycles. The van der Waals surface area contributed by atoms with Gasteiger partial charge in [-0.05, 0) is 19.1 Å². The van der Waals surface area contributed by atoms with E-state index in [4.69, 9.17) is 20.9 Å². The first kappa shape index (κ1) is 23.3. The number of ether oxygens (including phenoxy) is 1. The zero-order valence-electron chi connectivity index (χ0n) is 18.3. The topological polar surface area (TPSA) is 108 Å². The van der Waals surface area contributed by atoms with Crippen LogP contribution in [-0.4, -0.2) is 44.5 Å². The van der Waals surface area contributed by atoms with Crippen LogP contribution in [0.4, 0.5) is 8.78 Å². The van der Waals surface area contributed by atoms with E-state index in [9.17, 15) is 13.6 Å². The highest BCUT2D eigenvalue weighted by Gasteiger charge is 2.36. The molecule has 4 aromatic heterocycles. The van der Waals surface area contributed by atoms with Crippen LogP contribution in [0.1, 0.15) is 28.7 Å². The van der Waals surface area contributed by atoms with Crippen molar-refractivity contribution in [2.75, 3.05) is 13.7 Å². The highest BCUT2D eigenvalue weighted by atomic mass is 35.5. The van der Waals surface area contributed by atoms with Crippen LogP contribution in [0.5, 0.6) is 5.88 Å². The van der Waals surface area contributed by atoms with Crippen molar-refractivity contribution in [3.63, 3.8) is 0 Å². The number of carbonyl (C=O) groups is 1. The number of pyridine rings is 2. The molecule has 4 aromatic rings. The molecule has 176 valence electrons. The molecule has 0 fully saturated rings. The van der Waals surface area contributed by atoms with Crippen molar-refractivity contribution in [3.05, 3.63) is 76.5 Å². The molecule has 1 N–H and O–H groups in total. The second-order valence-electron chi connectivity index (χ2n) is 7.61. The van der Waals surface area contributed by atoms with E-state index >= 15 is 0 Å². The molecule has 1 amide bonds. The number of nitrogens with one attached hydrogen (secondary N) is 1. The van der Waals surface area contributed by atoms with Gasteiger partial charge >= 0.3 is 0 Å². The maximum atomic E-state index is 14.0. The smallest absolute Gasteiger partial charge is 0.273 e. The minimum Gasteiger partial charge on any atom is -0.481 e. The van der Waals surface area contributed by atoms with E-state index in [1.807, 2.05) is 6.92 Å². The van der Waals surface area contributed by atoms with Crippen molar-refractivity contribution in [1.82, 2.24) is 30.2 Å². The van der Waals surface area contributed by atoms with Crippen molar-refractivity contribution < 1.29 is 22.8 Å². The third-order valence-corrected chi connectivity index (χ3v) is 5.55. The average molecular weight is 489 g/mol. The second-order valence-corrected chi connectivity index (χ2v) is 8.00. The number of hydrogen-bond acceptors (Lipinski definition) is 7. The van der Waals surface area contributed by atoms with Crippen LogP contribution in [0.3, 0.4) is 0 Å². The monoisotopic (exact) mass is 488 g/mol. The summed E-state index contributed by atoms with van der Waals surface area (Å²) in [6.45, 7) is 1.92. The number of aromatic nitrogens is 5. The zero-order chi connectivity index (χ0) is 24.5. The third-order valence-electron chi connectivity index (χ3n) is 5.34. The van der Waals surface area contributed by atoms with Gasteiger partial charge in [-0.25, -0.2) is 23.4 Å².